The maximum atomic E-state index is 14.5. The topological polar surface area (TPSA) is 106 Å². The van der Waals surface area contributed by atoms with Crippen molar-refractivity contribution in [2.45, 2.75) is 44.9 Å². The first-order valence-corrected chi connectivity index (χ1v) is 14.4. The van der Waals surface area contributed by atoms with Crippen molar-refractivity contribution in [3.8, 4) is 5.75 Å². The van der Waals surface area contributed by atoms with E-state index < -0.39 is 29.7 Å². The van der Waals surface area contributed by atoms with Crippen molar-refractivity contribution < 1.29 is 32.2 Å². The fraction of sp³-hybridized carbons (Fsp3) is 0.394. The van der Waals surface area contributed by atoms with Gasteiger partial charge in [-0.25, -0.2) is 4.79 Å². The first kappa shape index (κ1) is 30.6. The van der Waals surface area contributed by atoms with Gasteiger partial charge in [-0.3, -0.25) is 4.79 Å². The highest BCUT2D eigenvalue weighted by Crippen LogP contribution is 2.48. The summed E-state index contributed by atoms with van der Waals surface area (Å²) < 4.78 is 54.8. The van der Waals surface area contributed by atoms with Crippen molar-refractivity contribution in [1.29, 1.82) is 0 Å². The number of halogens is 3. The molecule has 2 aliphatic rings. The Hall–Kier alpha value is -3.89. The minimum absolute atomic E-state index is 0.0124. The lowest BCUT2D eigenvalue weighted by Crippen LogP contribution is -2.43. The largest absolute Gasteiger partial charge is 0.491 e. The summed E-state index contributed by atoms with van der Waals surface area (Å²) in [7, 11) is 0. The smallest absolute Gasteiger partial charge is 0.398 e. The van der Waals surface area contributed by atoms with E-state index in [1.165, 1.54) is 18.2 Å². The normalized spacial score (nSPS) is 20.6. The SMILES string of the molecule is Cc1c(CC2(C(F)(F)F)C=CC(c3ccccc3)=CC2)c(=O)oc2cc(OCC(O)CN3CCC(C(N)=O)CC3)ccc12. The molecule has 1 amide bonds. The number of nitrogens with two attached hydrogens (primary N) is 1. The van der Waals surface area contributed by atoms with Gasteiger partial charge in [-0.2, -0.15) is 13.2 Å². The lowest BCUT2D eigenvalue weighted by molar-refractivity contribution is -0.205. The van der Waals surface area contributed by atoms with Gasteiger partial charge in [-0.1, -0.05) is 48.6 Å². The Kier molecular flexibility index (Phi) is 8.80. The van der Waals surface area contributed by atoms with E-state index in [0.717, 1.165) is 5.56 Å². The summed E-state index contributed by atoms with van der Waals surface area (Å²) in [5.74, 6) is -0.0766. The highest BCUT2D eigenvalue weighted by molar-refractivity contribution is 5.82. The summed E-state index contributed by atoms with van der Waals surface area (Å²) in [5, 5.41) is 11.0. The summed E-state index contributed by atoms with van der Waals surface area (Å²) in [5.41, 5.74) is 4.44. The maximum Gasteiger partial charge on any atom is 0.398 e. The van der Waals surface area contributed by atoms with Gasteiger partial charge in [0.2, 0.25) is 5.91 Å². The summed E-state index contributed by atoms with van der Waals surface area (Å²) in [4.78, 5) is 26.5. The van der Waals surface area contributed by atoms with Crippen molar-refractivity contribution >= 4 is 22.4 Å². The number of primary amides is 1. The number of hydrogen-bond acceptors (Lipinski definition) is 6. The molecule has 0 bridgehead atoms. The standard InChI is InChI=1S/C33H35F3N2O5/c1-21-27-8-7-26(42-20-25(39)19-38-15-11-24(12-16-38)30(37)40)17-29(27)43-31(41)28(21)18-32(33(34,35)36)13-9-23(10-14-32)22-5-3-2-4-6-22/h2-10,13,17,24-25,39H,11-12,14-16,18-20H2,1H3,(H2,37,40). The van der Waals surface area contributed by atoms with Gasteiger partial charge in [-0.05, 0) is 74.5 Å². The van der Waals surface area contributed by atoms with Gasteiger partial charge in [0, 0.05) is 29.5 Å². The number of amides is 1. The molecule has 0 saturated carbocycles. The molecule has 2 unspecified atom stereocenters. The number of ether oxygens (including phenoxy) is 1. The molecular formula is C33H35F3N2O5. The predicted octanol–water partition coefficient (Wildman–Crippen LogP) is 5.17. The minimum Gasteiger partial charge on any atom is -0.491 e. The molecular weight excluding hydrogens is 561 g/mol. The second-order valence-corrected chi connectivity index (χ2v) is 11.5. The molecule has 3 aromatic rings. The van der Waals surface area contributed by atoms with E-state index in [-0.39, 0.29) is 36.0 Å². The van der Waals surface area contributed by atoms with Crippen LogP contribution >= 0.6 is 0 Å². The molecule has 1 aliphatic carbocycles. The zero-order chi connectivity index (χ0) is 30.8. The van der Waals surface area contributed by atoms with Gasteiger partial charge in [0.25, 0.3) is 0 Å². The lowest BCUT2D eigenvalue weighted by atomic mass is 9.73. The number of likely N-dealkylation sites (tertiary alicyclic amines) is 1. The number of alkyl halides is 3. The van der Waals surface area contributed by atoms with Crippen molar-refractivity contribution in [3.05, 3.63) is 93.9 Å². The summed E-state index contributed by atoms with van der Waals surface area (Å²) in [6, 6.07) is 14.0. The molecule has 3 N–H and O–H groups in total. The van der Waals surface area contributed by atoms with Gasteiger partial charge in [-0.15, -0.1) is 0 Å². The van der Waals surface area contributed by atoms with E-state index in [0.29, 0.717) is 54.7 Å². The highest BCUT2D eigenvalue weighted by Gasteiger charge is 2.53. The van der Waals surface area contributed by atoms with E-state index in [4.69, 9.17) is 14.9 Å². The number of fused-ring (bicyclic) bond motifs is 1. The average Bonchev–Trinajstić information content (AvgIpc) is 2.98. The molecule has 1 aliphatic heterocycles. The molecule has 43 heavy (non-hydrogen) atoms. The predicted molar refractivity (Wildman–Crippen MR) is 157 cm³/mol. The highest BCUT2D eigenvalue weighted by atomic mass is 19.4. The van der Waals surface area contributed by atoms with Crippen LogP contribution in [0.2, 0.25) is 0 Å². The van der Waals surface area contributed by atoms with Crippen LogP contribution in [0.1, 0.15) is 36.0 Å². The third-order valence-electron chi connectivity index (χ3n) is 8.59. The van der Waals surface area contributed by atoms with Crippen LogP contribution in [-0.2, 0) is 11.2 Å². The van der Waals surface area contributed by atoms with E-state index in [1.807, 2.05) is 35.2 Å². The van der Waals surface area contributed by atoms with Crippen LogP contribution in [0.3, 0.4) is 0 Å². The molecule has 7 nitrogen and oxygen atoms in total. The molecule has 1 fully saturated rings. The molecule has 2 aromatic carbocycles. The fourth-order valence-electron chi connectivity index (χ4n) is 5.89. The van der Waals surface area contributed by atoms with Crippen molar-refractivity contribution in [1.82, 2.24) is 4.90 Å². The third kappa shape index (κ3) is 6.70. The molecule has 228 valence electrons. The zero-order valence-electron chi connectivity index (χ0n) is 23.9. The van der Waals surface area contributed by atoms with Crippen LogP contribution < -0.4 is 16.1 Å². The fourth-order valence-corrected chi connectivity index (χ4v) is 5.89. The van der Waals surface area contributed by atoms with E-state index in [2.05, 4.69) is 0 Å². The van der Waals surface area contributed by atoms with Crippen LogP contribution in [0.4, 0.5) is 13.2 Å². The molecule has 5 rings (SSSR count). The molecule has 1 saturated heterocycles. The van der Waals surface area contributed by atoms with Crippen molar-refractivity contribution in [2.75, 3.05) is 26.2 Å². The average molecular weight is 597 g/mol. The molecule has 0 spiro atoms. The van der Waals surface area contributed by atoms with Crippen LogP contribution in [0.25, 0.3) is 16.5 Å². The number of allylic oxidation sites excluding steroid dienone is 4. The Labute approximate surface area is 247 Å². The third-order valence-corrected chi connectivity index (χ3v) is 8.59. The second-order valence-electron chi connectivity index (χ2n) is 11.5. The van der Waals surface area contributed by atoms with Gasteiger partial charge in [0.1, 0.15) is 24.0 Å². The Morgan fingerprint density at radius 3 is 2.53 bits per heavy atom. The molecule has 0 radical (unpaired) electrons. The number of β-amino-alcohol motifs (C(OH)–C–C–N with tert-alkyl or cyclic N) is 1. The van der Waals surface area contributed by atoms with Gasteiger partial charge < -0.3 is 24.9 Å². The maximum absolute atomic E-state index is 14.5. The van der Waals surface area contributed by atoms with E-state index >= 15 is 0 Å². The number of carbonyl (C=O) groups is 1. The number of aryl methyl sites for hydroxylation is 1. The number of piperidine rings is 1. The minimum atomic E-state index is -4.59. The summed E-state index contributed by atoms with van der Waals surface area (Å²) >= 11 is 0. The molecule has 10 heteroatoms. The van der Waals surface area contributed by atoms with Crippen LogP contribution in [0.15, 0.2) is 76.0 Å². The number of aliphatic hydroxyl groups excluding tert-OH is 1. The first-order chi connectivity index (χ1) is 20.5. The number of nitrogens with zero attached hydrogens (tertiary/aromatic N) is 1. The number of aliphatic hydroxyl groups is 1. The van der Waals surface area contributed by atoms with Gasteiger partial charge >= 0.3 is 11.8 Å². The van der Waals surface area contributed by atoms with Gasteiger partial charge in [0.05, 0.1) is 5.41 Å². The van der Waals surface area contributed by atoms with E-state index in [9.17, 15) is 27.9 Å². The van der Waals surface area contributed by atoms with E-state index in [1.54, 1.807) is 25.1 Å². The Balaban J connectivity index is 1.29. The number of rotatable bonds is 9. The lowest BCUT2D eigenvalue weighted by Gasteiger charge is -2.34. The number of benzene rings is 2. The second kappa shape index (κ2) is 12.4. The first-order valence-electron chi connectivity index (χ1n) is 14.4. The Morgan fingerprint density at radius 1 is 1.19 bits per heavy atom. The van der Waals surface area contributed by atoms with Crippen molar-refractivity contribution in [2.24, 2.45) is 17.1 Å². The summed E-state index contributed by atoms with van der Waals surface area (Å²) in [6.45, 7) is 3.30. The number of carbonyl (C=O) groups excluding carboxylic acids is 1. The molecule has 2 atom stereocenters. The summed E-state index contributed by atoms with van der Waals surface area (Å²) in [6.07, 6.45) is -0.709. The van der Waals surface area contributed by atoms with Gasteiger partial charge in [0.15, 0.2) is 0 Å². The zero-order valence-corrected chi connectivity index (χ0v) is 23.9. The quantitative estimate of drug-likeness (QED) is 0.330. The molecule has 2 heterocycles. The monoisotopic (exact) mass is 596 g/mol. The van der Waals surface area contributed by atoms with Crippen molar-refractivity contribution in [3.63, 3.8) is 0 Å². The van der Waals surface area contributed by atoms with Crippen LogP contribution in [0, 0.1) is 18.3 Å². The Bertz CT molecular complexity index is 1590. The Morgan fingerprint density at radius 2 is 1.91 bits per heavy atom. The number of hydrogen-bond donors (Lipinski definition) is 2. The molecule has 1 aromatic heterocycles. The van der Waals surface area contributed by atoms with Crippen LogP contribution in [0.5, 0.6) is 5.75 Å². The van der Waals surface area contributed by atoms with Crippen LogP contribution in [-0.4, -0.2) is 54.4 Å².